The minimum atomic E-state index is 0. The van der Waals surface area contributed by atoms with E-state index in [0.717, 1.165) is 0 Å². The zero-order valence-electron chi connectivity index (χ0n) is 5.32. The van der Waals surface area contributed by atoms with Crippen LogP contribution in [-0.2, 0) is 6.54 Å². The van der Waals surface area contributed by atoms with E-state index in [4.69, 9.17) is 11.1 Å². The highest BCUT2D eigenvalue weighted by molar-refractivity contribution is 5.85. The molecule has 0 radical (unpaired) electrons. The van der Waals surface area contributed by atoms with Gasteiger partial charge in [-0.2, -0.15) is 5.10 Å². The minimum absolute atomic E-state index is 0. The van der Waals surface area contributed by atoms with Crippen LogP contribution in [-0.4, -0.2) is 15.6 Å². The lowest BCUT2D eigenvalue weighted by Crippen LogP contribution is -2.17. The van der Waals surface area contributed by atoms with Gasteiger partial charge in [-0.3, -0.25) is 10.1 Å². The summed E-state index contributed by atoms with van der Waals surface area (Å²) in [7, 11) is 0. The van der Waals surface area contributed by atoms with Gasteiger partial charge in [0, 0.05) is 12.4 Å². The molecule has 1 aromatic rings. The van der Waals surface area contributed by atoms with Crippen molar-refractivity contribution in [1.82, 2.24) is 9.78 Å². The molecule has 1 aromatic heterocycles. The van der Waals surface area contributed by atoms with Gasteiger partial charge in [-0.15, -0.1) is 12.4 Å². The zero-order chi connectivity index (χ0) is 6.69. The lowest BCUT2D eigenvalue weighted by molar-refractivity contribution is 0.718. The maximum atomic E-state index is 6.89. The first-order valence-electron chi connectivity index (χ1n) is 2.59. The quantitative estimate of drug-likeness (QED) is 0.481. The average Bonchev–Trinajstić information content (AvgIpc) is 2.15. The Morgan fingerprint density at radius 3 is 2.80 bits per heavy atom. The van der Waals surface area contributed by atoms with Gasteiger partial charge in [0.15, 0.2) is 0 Å². The summed E-state index contributed by atoms with van der Waals surface area (Å²) >= 11 is 0. The summed E-state index contributed by atoms with van der Waals surface area (Å²) in [4.78, 5) is 0. The summed E-state index contributed by atoms with van der Waals surface area (Å²) in [5, 5.41) is 10.7. The molecule has 0 unspecified atom stereocenters. The number of halogens is 1. The van der Waals surface area contributed by atoms with Crippen LogP contribution in [0.2, 0.25) is 0 Å². The van der Waals surface area contributed by atoms with E-state index in [-0.39, 0.29) is 18.2 Å². The van der Waals surface area contributed by atoms with Crippen molar-refractivity contribution >= 4 is 18.2 Å². The van der Waals surface area contributed by atoms with Crippen molar-refractivity contribution in [3.8, 4) is 0 Å². The summed E-state index contributed by atoms with van der Waals surface area (Å²) in [6.45, 7) is 0.382. The second-order valence-corrected chi connectivity index (χ2v) is 1.73. The molecule has 0 spiro atoms. The van der Waals surface area contributed by atoms with Crippen molar-refractivity contribution in [2.45, 2.75) is 6.54 Å². The third-order valence-corrected chi connectivity index (χ3v) is 0.892. The van der Waals surface area contributed by atoms with Crippen molar-refractivity contribution in [3.05, 3.63) is 18.5 Å². The first-order chi connectivity index (χ1) is 4.29. The van der Waals surface area contributed by atoms with Crippen LogP contribution in [0.1, 0.15) is 0 Å². The molecule has 1 rings (SSSR count). The third-order valence-electron chi connectivity index (χ3n) is 0.892. The van der Waals surface area contributed by atoms with Crippen molar-refractivity contribution in [2.24, 2.45) is 5.73 Å². The van der Waals surface area contributed by atoms with Gasteiger partial charge in [0.05, 0.1) is 6.54 Å². The molecule has 1 heterocycles. The van der Waals surface area contributed by atoms with E-state index in [0.29, 0.717) is 6.54 Å². The molecule has 10 heavy (non-hydrogen) atoms. The standard InChI is InChI=1S/C5H8N4.ClH/c6-5(7)4-9-3-1-2-8-9;/h1-3H,4H2,(H3,6,7);1H. The highest BCUT2D eigenvalue weighted by Crippen LogP contribution is 1.81. The summed E-state index contributed by atoms with van der Waals surface area (Å²) < 4.78 is 1.60. The van der Waals surface area contributed by atoms with E-state index in [1.165, 1.54) is 0 Å². The molecular formula is C5H9ClN4. The molecule has 0 aliphatic carbocycles. The number of rotatable bonds is 2. The van der Waals surface area contributed by atoms with E-state index in [9.17, 15) is 0 Å². The first kappa shape index (κ1) is 8.97. The fourth-order valence-electron chi connectivity index (χ4n) is 0.569. The summed E-state index contributed by atoms with van der Waals surface area (Å²) in [5.74, 6) is 0.124. The lowest BCUT2D eigenvalue weighted by Gasteiger charge is -1.95. The van der Waals surface area contributed by atoms with Crippen LogP contribution in [0.4, 0.5) is 0 Å². The van der Waals surface area contributed by atoms with Crippen LogP contribution in [0, 0.1) is 5.41 Å². The van der Waals surface area contributed by atoms with E-state index < -0.39 is 0 Å². The van der Waals surface area contributed by atoms with Gasteiger partial charge in [0.25, 0.3) is 0 Å². The topological polar surface area (TPSA) is 67.7 Å². The molecule has 0 amide bonds. The Labute approximate surface area is 64.9 Å². The number of amidine groups is 1. The minimum Gasteiger partial charge on any atom is -0.386 e. The van der Waals surface area contributed by atoms with Gasteiger partial charge in [0.2, 0.25) is 0 Å². The number of nitrogens with two attached hydrogens (primary N) is 1. The molecule has 0 bridgehead atoms. The molecule has 4 nitrogen and oxygen atoms in total. The van der Waals surface area contributed by atoms with Crippen LogP contribution in [0.5, 0.6) is 0 Å². The van der Waals surface area contributed by atoms with Crippen molar-refractivity contribution in [3.63, 3.8) is 0 Å². The SMILES string of the molecule is Cl.N=C(N)Cn1cccn1. The van der Waals surface area contributed by atoms with Crippen LogP contribution in [0.25, 0.3) is 0 Å². The smallest absolute Gasteiger partial charge is 0.113 e. The normalized spacial score (nSPS) is 8.40. The number of hydrogen-bond acceptors (Lipinski definition) is 2. The van der Waals surface area contributed by atoms with Crippen LogP contribution in [0.15, 0.2) is 18.5 Å². The van der Waals surface area contributed by atoms with E-state index in [2.05, 4.69) is 5.10 Å². The zero-order valence-corrected chi connectivity index (χ0v) is 6.14. The Hall–Kier alpha value is -1.03. The number of aromatic nitrogens is 2. The number of nitrogens with one attached hydrogen (secondary N) is 1. The fraction of sp³-hybridized carbons (Fsp3) is 0.200. The summed E-state index contributed by atoms with van der Waals surface area (Å²) in [6, 6.07) is 1.79. The largest absolute Gasteiger partial charge is 0.386 e. The van der Waals surface area contributed by atoms with Crippen LogP contribution in [0.3, 0.4) is 0 Å². The van der Waals surface area contributed by atoms with E-state index in [1.54, 1.807) is 23.1 Å². The van der Waals surface area contributed by atoms with E-state index >= 15 is 0 Å². The maximum absolute atomic E-state index is 6.89. The van der Waals surface area contributed by atoms with E-state index in [1.807, 2.05) is 0 Å². The lowest BCUT2D eigenvalue weighted by atomic mass is 10.6. The Morgan fingerprint density at radius 1 is 1.70 bits per heavy atom. The highest BCUT2D eigenvalue weighted by atomic mass is 35.5. The second-order valence-electron chi connectivity index (χ2n) is 1.73. The Balaban J connectivity index is 0.000000810. The molecule has 0 saturated heterocycles. The monoisotopic (exact) mass is 160 g/mol. The molecule has 0 aliphatic heterocycles. The molecular weight excluding hydrogens is 152 g/mol. The van der Waals surface area contributed by atoms with Crippen LogP contribution < -0.4 is 5.73 Å². The maximum Gasteiger partial charge on any atom is 0.113 e. The number of nitrogens with zero attached hydrogens (tertiary/aromatic N) is 2. The first-order valence-corrected chi connectivity index (χ1v) is 2.59. The Kier molecular flexibility index (Phi) is 3.49. The molecule has 0 aliphatic rings. The predicted octanol–water partition coefficient (Wildman–Crippen LogP) is 0.241. The Bertz CT molecular complexity index is 193. The van der Waals surface area contributed by atoms with Gasteiger partial charge in [0.1, 0.15) is 5.84 Å². The third kappa shape index (κ3) is 2.50. The highest BCUT2D eigenvalue weighted by Gasteiger charge is 1.89. The van der Waals surface area contributed by atoms with Crippen molar-refractivity contribution in [2.75, 3.05) is 0 Å². The number of hydrogen-bond donors (Lipinski definition) is 2. The molecule has 5 heteroatoms. The van der Waals surface area contributed by atoms with Gasteiger partial charge in [-0.1, -0.05) is 0 Å². The molecule has 56 valence electrons. The summed E-state index contributed by atoms with van der Waals surface area (Å²) in [6.07, 6.45) is 3.42. The van der Waals surface area contributed by atoms with Gasteiger partial charge >= 0.3 is 0 Å². The van der Waals surface area contributed by atoms with Crippen LogP contribution >= 0.6 is 12.4 Å². The average molecular weight is 161 g/mol. The van der Waals surface area contributed by atoms with Crippen molar-refractivity contribution in [1.29, 1.82) is 5.41 Å². The second kappa shape index (κ2) is 3.90. The molecule has 0 atom stereocenters. The Morgan fingerprint density at radius 2 is 2.40 bits per heavy atom. The van der Waals surface area contributed by atoms with Crippen molar-refractivity contribution < 1.29 is 0 Å². The molecule has 0 fully saturated rings. The van der Waals surface area contributed by atoms with Gasteiger partial charge < -0.3 is 5.73 Å². The van der Waals surface area contributed by atoms with Gasteiger partial charge in [-0.25, -0.2) is 0 Å². The predicted molar refractivity (Wildman–Crippen MR) is 41.4 cm³/mol. The van der Waals surface area contributed by atoms with Gasteiger partial charge in [-0.05, 0) is 6.07 Å². The molecule has 0 saturated carbocycles. The summed E-state index contributed by atoms with van der Waals surface area (Å²) in [5.41, 5.74) is 5.11. The molecule has 3 N–H and O–H groups in total. The molecule has 0 aromatic carbocycles. The fourth-order valence-corrected chi connectivity index (χ4v) is 0.569.